The van der Waals surface area contributed by atoms with Crippen molar-refractivity contribution in [2.45, 2.75) is 20.0 Å². The summed E-state index contributed by atoms with van der Waals surface area (Å²) < 4.78 is 59.3. The molecule has 0 radical (unpaired) electrons. The van der Waals surface area contributed by atoms with Gasteiger partial charge in [0, 0.05) is 0 Å². The predicted octanol–water partition coefficient (Wildman–Crippen LogP) is 0.921. The average molecular weight is 277 g/mol. The molecule has 9 heteroatoms. The first-order valence-electron chi connectivity index (χ1n) is 4.70. The highest BCUT2D eigenvalue weighted by Gasteiger charge is 2.37. The van der Waals surface area contributed by atoms with Gasteiger partial charge in [-0.2, -0.15) is 17.5 Å². The van der Waals surface area contributed by atoms with Crippen LogP contribution in [0.3, 0.4) is 0 Å². The summed E-state index contributed by atoms with van der Waals surface area (Å²) in [6, 6.07) is 0. The van der Waals surface area contributed by atoms with E-state index in [9.17, 15) is 26.4 Å². The number of halogens is 3. The molecule has 0 rings (SSSR count). The molecule has 0 amide bonds. The first-order chi connectivity index (χ1) is 7.44. The molecule has 0 aromatic carbocycles. The maximum Gasteiger partial charge on any atom is 0.402 e. The maximum atomic E-state index is 12.1. The van der Waals surface area contributed by atoms with Crippen LogP contribution in [-0.2, 0) is 14.8 Å². The van der Waals surface area contributed by atoms with Crippen LogP contribution in [0.2, 0.25) is 0 Å². The molecular weight excluding hydrogens is 263 g/mol. The minimum atomic E-state index is -4.76. The number of nitrogens with zero attached hydrogens (tertiary/aromatic N) is 1. The molecule has 0 heterocycles. The molecule has 0 aromatic heterocycles. The summed E-state index contributed by atoms with van der Waals surface area (Å²) in [6.07, 6.45) is -4.76. The van der Waals surface area contributed by atoms with Crippen molar-refractivity contribution in [2.75, 3.05) is 18.8 Å². The van der Waals surface area contributed by atoms with E-state index in [1.807, 2.05) is 0 Å². The molecule has 0 saturated carbocycles. The van der Waals surface area contributed by atoms with Gasteiger partial charge in [0.1, 0.15) is 13.1 Å². The highest BCUT2D eigenvalue weighted by Crippen LogP contribution is 2.19. The molecule has 0 atom stereocenters. The van der Waals surface area contributed by atoms with Crippen LogP contribution in [0.5, 0.6) is 0 Å². The van der Waals surface area contributed by atoms with Crippen molar-refractivity contribution < 1.29 is 31.5 Å². The fourth-order valence-corrected chi connectivity index (χ4v) is 2.83. The van der Waals surface area contributed by atoms with Crippen LogP contribution in [-0.4, -0.2) is 48.8 Å². The third-order valence-corrected chi connectivity index (χ3v) is 3.74. The van der Waals surface area contributed by atoms with E-state index in [1.54, 1.807) is 0 Å². The topological polar surface area (TPSA) is 74.7 Å². The van der Waals surface area contributed by atoms with E-state index in [2.05, 4.69) is 0 Å². The molecule has 0 unspecified atom stereocenters. The Balaban J connectivity index is 4.97. The third kappa shape index (κ3) is 7.16. The summed E-state index contributed by atoms with van der Waals surface area (Å²) in [5.74, 6) is -2.53. The van der Waals surface area contributed by atoms with Crippen LogP contribution in [0, 0.1) is 5.92 Å². The molecule has 102 valence electrons. The van der Waals surface area contributed by atoms with Crippen molar-refractivity contribution in [1.29, 1.82) is 0 Å². The third-order valence-electron chi connectivity index (χ3n) is 1.60. The number of aliphatic carboxylic acids is 1. The van der Waals surface area contributed by atoms with Gasteiger partial charge in [0.15, 0.2) is 0 Å². The van der Waals surface area contributed by atoms with Crippen molar-refractivity contribution in [3.05, 3.63) is 0 Å². The second-order valence-electron chi connectivity index (χ2n) is 3.95. The molecule has 0 bridgehead atoms. The molecule has 0 saturated heterocycles. The van der Waals surface area contributed by atoms with Gasteiger partial charge in [-0.3, -0.25) is 4.79 Å². The van der Waals surface area contributed by atoms with Crippen molar-refractivity contribution in [2.24, 2.45) is 5.92 Å². The fourth-order valence-electron chi connectivity index (χ4n) is 1.13. The predicted molar refractivity (Wildman–Crippen MR) is 53.9 cm³/mol. The molecule has 0 spiro atoms. The molecule has 17 heavy (non-hydrogen) atoms. The van der Waals surface area contributed by atoms with E-state index in [-0.39, 0.29) is 10.2 Å². The van der Waals surface area contributed by atoms with Gasteiger partial charge in [-0.05, 0) is 5.92 Å². The van der Waals surface area contributed by atoms with E-state index in [4.69, 9.17) is 5.11 Å². The smallest absolute Gasteiger partial charge is 0.402 e. The lowest BCUT2D eigenvalue weighted by Crippen LogP contribution is -2.43. The molecular formula is C8H14F3NO4S. The first kappa shape index (κ1) is 16.2. The number of alkyl halides is 3. The molecule has 0 aromatic rings. The van der Waals surface area contributed by atoms with Gasteiger partial charge in [-0.15, -0.1) is 0 Å². The van der Waals surface area contributed by atoms with Crippen LogP contribution < -0.4 is 0 Å². The zero-order chi connectivity index (χ0) is 13.9. The number of hydrogen-bond donors (Lipinski definition) is 1. The van der Waals surface area contributed by atoms with E-state index in [0.717, 1.165) is 0 Å². The quantitative estimate of drug-likeness (QED) is 0.783. The van der Waals surface area contributed by atoms with Crippen molar-refractivity contribution in [1.82, 2.24) is 4.31 Å². The van der Waals surface area contributed by atoms with Gasteiger partial charge in [0.25, 0.3) is 0 Å². The Kier molecular flexibility index (Phi) is 5.40. The highest BCUT2D eigenvalue weighted by atomic mass is 32.2. The lowest BCUT2D eigenvalue weighted by atomic mass is 10.3. The Labute approximate surface area is 97.3 Å². The van der Waals surface area contributed by atoms with Crippen molar-refractivity contribution >= 4 is 16.0 Å². The fraction of sp³-hybridized carbons (Fsp3) is 0.875. The van der Waals surface area contributed by atoms with E-state index in [1.165, 1.54) is 13.8 Å². The van der Waals surface area contributed by atoms with E-state index >= 15 is 0 Å². The second kappa shape index (κ2) is 5.67. The van der Waals surface area contributed by atoms with E-state index < -0.39 is 41.0 Å². The maximum absolute atomic E-state index is 12.1. The monoisotopic (exact) mass is 277 g/mol. The van der Waals surface area contributed by atoms with Crippen LogP contribution in [0.15, 0.2) is 0 Å². The SMILES string of the molecule is CC(C)CS(=O)(=O)N(CC(=O)O)CC(F)(F)F. The second-order valence-corrected chi connectivity index (χ2v) is 5.96. The summed E-state index contributed by atoms with van der Waals surface area (Å²) >= 11 is 0. The molecule has 1 N–H and O–H groups in total. The number of carboxylic acids is 1. The summed E-state index contributed by atoms with van der Waals surface area (Å²) in [5.41, 5.74) is 0. The molecule has 0 aliphatic rings. The molecule has 5 nitrogen and oxygen atoms in total. The minimum absolute atomic E-state index is 0.0602. The zero-order valence-electron chi connectivity index (χ0n) is 9.36. The van der Waals surface area contributed by atoms with Crippen LogP contribution in [0.25, 0.3) is 0 Å². The zero-order valence-corrected chi connectivity index (χ0v) is 10.2. The Bertz CT molecular complexity index is 363. The van der Waals surface area contributed by atoms with Crippen molar-refractivity contribution in [3.63, 3.8) is 0 Å². The lowest BCUT2D eigenvalue weighted by Gasteiger charge is -2.22. The van der Waals surface area contributed by atoms with Gasteiger partial charge in [-0.25, -0.2) is 8.42 Å². The molecule has 0 aliphatic heterocycles. The number of carboxylic acid groups (broad SMARTS) is 1. The molecule has 0 fully saturated rings. The Morgan fingerprint density at radius 3 is 2.12 bits per heavy atom. The highest BCUT2D eigenvalue weighted by molar-refractivity contribution is 7.89. The lowest BCUT2D eigenvalue weighted by molar-refractivity contribution is -0.146. The van der Waals surface area contributed by atoms with Gasteiger partial charge < -0.3 is 5.11 Å². The minimum Gasteiger partial charge on any atom is -0.480 e. The molecule has 0 aliphatic carbocycles. The summed E-state index contributed by atoms with van der Waals surface area (Å²) in [5, 5.41) is 8.40. The summed E-state index contributed by atoms with van der Waals surface area (Å²) in [4.78, 5) is 10.4. The van der Waals surface area contributed by atoms with Gasteiger partial charge in [0.05, 0.1) is 5.75 Å². The van der Waals surface area contributed by atoms with E-state index in [0.29, 0.717) is 0 Å². The number of rotatable bonds is 6. The van der Waals surface area contributed by atoms with Gasteiger partial charge in [0.2, 0.25) is 10.0 Å². The van der Waals surface area contributed by atoms with Gasteiger partial charge in [-0.1, -0.05) is 13.8 Å². The van der Waals surface area contributed by atoms with Crippen LogP contribution >= 0.6 is 0 Å². The normalized spacial score (nSPS) is 13.4. The largest absolute Gasteiger partial charge is 0.480 e. The summed E-state index contributed by atoms with van der Waals surface area (Å²) in [6.45, 7) is 0.0666. The van der Waals surface area contributed by atoms with Crippen LogP contribution in [0.1, 0.15) is 13.8 Å². The average Bonchev–Trinajstić information content (AvgIpc) is 1.96. The summed E-state index contributed by atoms with van der Waals surface area (Å²) in [7, 11) is -4.22. The number of sulfonamides is 1. The number of hydrogen-bond acceptors (Lipinski definition) is 3. The van der Waals surface area contributed by atoms with Crippen LogP contribution in [0.4, 0.5) is 13.2 Å². The Hall–Kier alpha value is -0.830. The van der Waals surface area contributed by atoms with Gasteiger partial charge >= 0.3 is 12.1 Å². The standard InChI is InChI=1S/C8H14F3NO4S/c1-6(2)4-17(15,16)12(3-7(13)14)5-8(9,10)11/h6H,3-5H2,1-2H3,(H,13,14). The van der Waals surface area contributed by atoms with Crippen molar-refractivity contribution in [3.8, 4) is 0 Å². The Morgan fingerprint density at radius 1 is 1.35 bits per heavy atom. The Morgan fingerprint density at radius 2 is 1.82 bits per heavy atom. The number of carbonyl (C=O) groups is 1. The first-order valence-corrected chi connectivity index (χ1v) is 6.31.